The van der Waals surface area contributed by atoms with Gasteiger partial charge < -0.3 is 19.7 Å². The SMILES string of the molecule is Cn1cc(-c2cc(Nc3cc(N4OCC[C@@H]4c4ccccc4)ncn3)c(OCC(F)(F)F)cc2N2CCOCC2)cn1. The van der Waals surface area contributed by atoms with Crippen molar-refractivity contribution >= 4 is 23.0 Å². The molecule has 0 spiro atoms. The van der Waals surface area contributed by atoms with E-state index >= 15 is 0 Å². The van der Waals surface area contributed by atoms with Gasteiger partial charge in [0.15, 0.2) is 12.4 Å². The number of anilines is 4. The number of alkyl halides is 3. The van der Waals surface area contributed by atoms with Gasteiger partial charge in [-0.1, -0.05) is 30.3 Å². The first-order chi connectivity index (χ1) is 20.3. The van der Waals surface area contributed by atoms with Gasteiger partial charge in [-0.3, -0.25) is 9.52 Å². The van der Waals surface area contributed by atoms with Crippen molar-refractivity contribution in [2.45, 2.75) is 18.6 Å². The molecule has 4 aromatic rings. The number of aromatic nitrogens is 4. The third kappa shape index (κ3) is 6.26. The lowest BCUT2D eigenvalue weighted by molar-refractivity contribution is -0.153. The van der Waals surface area contributed by atoms with Gasteiger partial charge in [0.1, 0.15) is 17.9 Å². The molecule has 220 valence electrons. The Labute approximate surface area is 240 Å². The van der Waals surface area contributed by atoms with Gasteiger partial charge in [0.25, 0.3) is 0 Å². The van der Waals surface area contributed by atoms with E-state index < -0.39 is 12.8 Å². The van der Waals surface area contributed by atoms with Crippen LogP contribution in [-0.2, 0) is 16.6 Å². The summed E-state index contributed by atoms with van der Waals surface area (Å²) in [5.74, 6) is 0.936. The summed E-state index contributed by atoms with van der Waals surface area (Å²) in [6, 6.07) is 15.0. The number of halogens is 3. The van der Waals surface area contributed by atoms with Gasteiger partial charge in [-0.05, 0) is 11.6 Å². The lowest BCUT2D eigenvalue weighted by Crippen LogP contribution is -2.36. The third-order valence-corrected chi connectivity index (χ3v) is 7.09. The minimum absolute atomic E-state index is 0.0374. The second kappa shape index (κ2) is 11.9. The number of aryl methyl sites for hydroxylation is 1. The number of nitrogens with zero attached hydrogens (tertiary/aromatic N) is 6. The maximum Gasteiger partial charge on any atom is 0.422 e. The molecule has 2 fully saturated rings. The molecule has 0 saturated carbocycles. The summed E-state index contributed by atoms with van der Waals surface area (Å²) in [6.45, 7) is 1.29. The molecule has 0 amide bonds. The van der Waals surface area contributed by atoms with E-state index in [9.17, 15) is 13.2 Å². The number of ether oxygens (including phenoxy) is 2. The maximum absolute atomic E-state index is 13.3. The van der Waals surface area contributed by atoms with Crippen LogP contribution in [0.25, 0.3) is 11.1 Å². The zero-order valence-corrected chi connectivity index (χ0v) is 22.9. The van der Waals surface area contributed by atoms with Crippen molar-refractivity contribution in [3.8, 4) is 16.9 Å². The molecular formula is C29H30F3N7O3. The van der Waals surface area contributed by atoms with Crippen LogP contribution in [0.2, 0.25) is 0 Å². The standard InChI is InChI=1S/C29H30F3N7O3/c1-37-17-21(16-35-37)22-13-23(26(41-18-29(30,31)32)14-25(22)38-8-11-40-12-9-38)36-27-15-28(34-19-33-27)39-24(7-10-42-39)20-5-3-2-4-6-20/h2-6,13-17,19,24H,7-12,18H2,1H3,(H,33,34,36)/t24-/m1/s1. The number of hydroxylamine groups is 1. The van der Waals surface area contributed by atoms with Gasteiger partial charge >= 0.3 is 6.18 Å². The topological polar surface area (TPSA) is 89.8 Å². The fraction of sp³-hybridized carbons (Fsp3) is 0.345. The minimum Gasteiger partial charge on any atom is -0.482 e. The lowest BCUT2D eigenvalue weighted by atomic mass is 10.0. The Morgan fingerprint density at radius 2 is 1.86 bits per heavy atom. The summed E-state index contributed by atoms with van der Waals surface area (Å²) in [5, 5.41) is 9.22. The predicted octanol–water partition coefficient (Wildman–Crippen LogP) is 5.28. The Balaban J connectivity index is 1.37. The number of benzene rings is 2. The van der Waals surface area contributed by atoms with Crippen molar-refractivity contribution < 1.29 is 27.5 Å². The first kappa shape index (κ1) is 27.8. The Bertz CT molecular complexity index is 1510. The molecular weight excluding hydrogens is 551 g/mol. The third-order valence-electron chi connectivity index (χ3n) is 7.09. The quantitative estimate of drug-likeness (QED) is 0.299. The van der Waals surface area contributed by atoms with Gasteiger partial charge in [-0.15, -0.1) is 0 Å². The Hall–Kier alpha value is -4.36. The number of nitrogens with one attached hydrogen (secondary N) is 1. The largest absolute Gasteiger partial charge is 0.482 e. The van der Waals surface area contributed by atoms with Crippen LogP contribution in [0.1, 0.15) is 18.0 Å². The smallest absolute Gasteiger partial charge is 0.422 e. The van der Waals surface area contributed by atoms with Gasteiger partial charge in [-0.2, -0.15) is 18.3 Å². The van der Waals surface area contributed by atoms with Crippen molar-refractivity contribution in [2.75, 3.05) is 54.8 Å². The summed E-state index contributed by atoms with van der Waals surface area (Å²) < 4.78 is 52.4. The highest BCUT2D eigenvalue weighted by Gasteiger charge is 2.31. The van der Waals surface area contributed by atoms with E-state index in [1.165, 1.54) is 6.33 Å². The zero-order chi connectivity index (χ0) is 29.1. The second-order valence-corrected chi connectivity index (χ2v) is 10.0. The number of morpholine rings is 1. The first-order valence-electron chi connectivity index (χ1n) is 13.6. The van der Waals surface area contributed by atoms with Crippen molar-refractivity contribution in [3.63, 3.8) is 0 Å². The molecule has 13 heteroatoms. The van der Waals surface area contributed by atoms with Crippen LogP contribution in [0.5, 0.6) is 5.75 Å². The molecule has 2 aromatic carbocycles. The van der Waals surface area contributed by atoms with Crippen molar-refractivity contribution in [2.24, 2.45) is 7.05 Å². The van der Waals surface area contributed by atoms with E-state index in [0.717, 1.165) is 28.8 Å². The fourth-order valence-electron chi connectivity index (χ4n) is 5.15. The molecule has 42 heavy (non-hydrogen) atoms. The van der Waals surface area contributed by atoms with Gasteiger partial charge in [0, 0.05) is 61.7 Å². The molecule has 4 heterocycles. The van der Waals surface area contributed by atoms with Crippen LogP contribution >= 0.6 is 0 Å². The van der Waals surface area contributed by atoms with Crippen molar-refractivity contribution in [1.29, 1.82) is 0 Å². The molecule has 0 aliphatic carbocycles. The molecule has 0 radical (unpaired) electrons. The van der Waals surface area contributed by atoms with Gasteiger partial charge in [-0.25, -0.2) is 15.0 Å². The maximum atomic E-state index is 13.3. The first-order valence-corrected chi connectivity index (χ1v) is 13.6. The van der Waals surface area contributed by atoms with E-state index in [2.05, 4.69) is 25.3 Å². The molecule has 2 aromatic heterocycles. The van der Waals surface area contributed by atoms with Gasteiger partial charge in [0.2, 0.25) is 0 Å². The second-order valence-electron chi connectivity index (χ2n) is 10.0. The molecule has 2 saturated heterocycles. The van der Waals surface area contributed by atoms with E-state index in [1.54, 1.807) is 34.1 Å². The van der Waals surface area contributed by atoms with Crippen molar-refractivity contribution in [1.82, 2.24) is 19.7 Å². The highest BCUT2D eigenvalue weighted by Crippen LogP contribution is 2.42. The number of hydrogen-bond acceptors (Lipinski definition) is 9. The molecule has 6 rings (SSSR count). The highest BCUT2D eigenvalue weighted by molar-refractivity contribution is 5.85. The van der Waals surface area contributed by atoms with Crippen LogP contribution in [0.15, 0.2) is 67.3 Å². The summed E-state index contributed by atoms with van der Waals surface area (Å²) in [4.78, 5) is 16.8. The molecule has 10 nitrogen and oxygen atoms in total. The Morgan fingerprint density at radius 1 is 1.05 bits per heavy atom. The fourth-order valence-corrected chi connectivity index (χ4v) is 5.15. The molecule has 2 aliphatic rings. The summed E-state index contributed by atoms with van der Waals surface area (Å²) in [5.41, 5.74) is 3.73. The number of hydrogen-bond donors (Lipinski definition) is 1. The Morgan fingerprint density at radius 3 is 2.60 bits per heavy atom. The monoisotopic (exact) mass is 581 g/mol. The molecule has 0 bridgehead atoms. The van der Waals surface area contributed by atoms with E-state index in [4.69, 9.17) is 14.3 Å². The lowest BCUT2D eigenvalue weighted by Gasteiger charge is -2.31. The van der Waals surface area contributed by atoms with E-state index in [1.807, 2.05) is 43.6 Å². The van der Waals surface area contributed by atoms with Crippen LogP contribution < -0.4 is 20.0 Å². The van der Waals surface area contributed by atoms with Crippen LogP contribution in [0, 0.1) is 0 Å². The summed E-state index contributed by atoms with van der Waals surface area (Å²) >= 11 is 0. The van der Waals surface area contributed by atoms with Crippen LogP contribution in [0.3, 0.4) is 0 Å². The number of rotatable bonds is 8. The zero-order valence-electron chi connectivity index (χ0n) is 22.9. The highest BCUT2D eigenvalue weighted by atomic mass is 19.4. The Kier molecular flexibility index (Phi) is 7.85. The molecule has 1 atom stereocenters. The average molecular weight is 582 g/mol. The van der Waals surface area contributed by atoms with Crippen LogP contribution in [-0.4, -0.2) is 65.4 Å². The van der Waals surface area contributed by atoms with Gasteiger partial charge in [0.05, 0.1) is 37.7 Å². The summed E-state index contributed by atoms with van der Waals surface area (Å²) in [7, 11) is 1.81. The average Bonchev–Trinajstić information content (AvgIpc) is 3.66. The molecule has 0 unspecified atom stereocenters. The summed E-state index contributed by atoms with van der Waals surface area (Å²) in [6.07, 6.45) is 1.23. The molecule has 1 N–H and O–H groups in total. The van der Waals surface area contributed by atoms with Crippen molar-refractivity contribution in [3.05, 3.63) is 72.8 Å². The predicted molar refractivity (Wildman–Crippen MR) is 151 cm³/mol. The normalized spacial score (nSPS) is 17.5. The molecule has 2 aliphatic heterocycles. The van der Waals surface area contributed by atoms with Crippen LogP contribution in [0.4, 0.5) is 36.2 Å². The van der Waals surface area contributed by atoms with E-state index in [-0.39, 0.29) is 11.8 Å². The van der Waals surface area contributed by atoms with E-state index in [0.29, 0.717) is 50.2 Å². The minimum atomic E-state index is -4.51.